The van der Waals surface area contributed by atoms with Gasteiger partial charge in [-0.1, -0.05) is 0 Å². The Morgan fingerprint density at radius 3 is 3.19 bits per heavy atom. The first-order valence-electron chi connectivity index (χ1n) is 7.27. The molecule has 2 aromatic rings. The zero-order valence-electron chi connectivity index (χ0n) is 11.8. The van der Waals surface area contributed by atoms with Crippen LogP contribution in [0.25, 0.3) is 11.2 Å². The van der Waals surface area contributed by atoms with Crippen molar-refractivity contribution < 1.29 is 9.52 Å². The summed E-state index contributed by atoms with van der Waals surface area (Å²) >= 11 is 3.33. The highest BCUT2D eigenvalue weighted by molar-refractivity contribution is 9.10. The molecule has 1 saturated heterocycles. The summed E-state index contributed by atoms with van der Waals surface area (Å²) in [5.74, 6) is 0. The highest BCUT2D eigenvalue weighted by atomic mass is 79.9. The topological polar surface area (TPSA) is 74.4 Å². The maximum Gasteiger partial charge on any atom is 0.297 e. The van der Waals surface area contributed by atoms with E-state index >= 15 is 0 Å². The maximum atomic E-state index is 8.92. The Bertz CT molecular complexity index is 604. The molecule has 1 fully saturated rings. The first kappa shape index (κ1) is 14.7. The van der Waals surface area contributed by atoms with Crippen LogP contribution in [0.4, 0.5) is 6.01 Å². The number of likely N-dealkylation sites (tertiary alicyclic amines) is 1. The van der Waals surface area contributed by atoms with Crippen molar-refractivity contribution in [1.29, 1.82) is 0 Å². The molecule has 1 aliphatic rings. The van der Waals surface area contributed by atoms with E-state index in [1.807, 2.05) is 12.1 Å². The SMILES string of the molecule is OCCCN1CCC[C@@H](Nc2nc3nc(Br)ccc3o2)C1. The lowest BCUT2D eigenvalue weighted by molar-refractivity contribution is 0.189. The Morgan fingerprint density at radius 1 is 1.43 bits per heavy atom. The van der Waals surface area contributed by atoms with Crippen LogP contribution in [0.1, 0.15) is 19.3 Å². The molecule has 0 aliphatic carbocycles. The van der Waals surface area contributed by atoms with Crippen molar-refractivity contribution in [3.05, 3.63) is 16.7 Å². The molecule has 0 saturated carbocycles. The van der Waals surface area contributed by atoms with Crippen LogP contribution in [-0.2, 0) is 0 Å². The van der Waals surface area contributed by atoms with E-state index in [4.69, 9.17) is 9.52 Å². The summed E-state index contributed by atoms with van der Waals surface area (Å²) in [4.78, 5) is 11.0. The molecule has 3 heterocycles. The summed E-state index contributed by atoms with van der Waals surface area (Å²) in [6, 6.07) is 4.56. The van der Waals surface area contributed by atoms with Gasteiger partial charge in [-0.3, -0.25) is 0 Å². The number of nitrogens with zero attached hydrogens (tertiary/aromatic N) is 3. The van der Waals surface area contributed by atoms with Gasteiger partial charge >= 0.3 is 0 Å². The Hall–Kier alpha value is -1.18. The second-order valence-electron chi connectivity index (χ2n) is 5.34. The van der Waals surface area contributed by atoms with Crippen molar-refractivity contribution in [2.75, 3.05) is 31.6 Å². The van der Waals surface area contributed by atoms with Crippen molar-refractivity contribution >= 4 is 33.2 Å². The maximum absolute atomic E-state index is 8.92. The van der Waals surface area contributed by atoms with Crippen LogP contribution >= 0.6 is 15.9 Å². The van der Waals surface area contributed by atoms with Crippen molar-refractivity contribution in [3.8, 4) is 0 Å². The number of halogens is 1. The molecule has 3 rings (SSSR count). The van der Waals surface area contributed by atoms with E-state index in [1.54, 1.807) is 0 Å². The molecule has 0 radical (unpaired) electrons. The summed E-state index contributed by atoms with van der Waals surface area (Å²) < 4.78 is 6.43. The molecule has 7 heteroatoms. The Morgan fingerprint density at radius 2 is 2.33 bits per heavy atom. The van der Waals surface area contributed by atoms with Crippen LogP contribution in [-0.4, -0.2) is 52.3 Å². The molecule has 0 aromatic carbocycles. The fourth-order valence-electron chi connectivity index (χ4n) is 2.70. The highest BCUT2D eigenvalue weighted by Crippen LogP contribution is 2.21. The van der Waals surface area contributed by atoms with Gasteiger partial charge in [0.15, 0.2) is 5.58 Å². The average molecular weight is 355 g/mol. The molecule has 0 unspecified atom stereocenters. The van der Waals surface area contributed by atoms with Gasteiger partial charge in [0.25, 0.3) is 6.01 Å². The van der Waals surface area contributed by atoms with E-state index in [-0.39, 0.29) is 6.61 Å². The third-order valence-corrected chi connectivity index (χ3v) is 4.13. The van der Waals surface area contributed by atoms with Crippen LogP contribution < -0.4 is 5.32 Å². The highest BCUT2D eigenvalue weighted by Gasteiger charge is 2.21. The molecule has 0 spiro atoms. The lowest BCUT2D eigenvalue weighted by Crippen LogP contribution is -2.42. The van der Waals surface area contributed by atoms with Gasteiger partial charge in [-0.05, 0) is 53.9 Å². The lowest BCUT2D eigenvalue weighted by atomic mass is 10.1. The van der Waals surface area contributed by atoms with Crippen LogP contribution in [0.3, 0.4) is 0 Å². The molecular formula is C14H19BrN4O2. The first-order valence-corrected chi connectivity index (χ1v) is 8.07. The van der Waals surface area contributed by atoms with Gasteiger partial charge in [-0.2, -0.15) is 4.98 Å². The number of aliphatic hydroxyl groups excluding tert-OH is 1. The minimum atomic E-state index is 0.250. The number of anilines is 1. The number of oxazole rings is 1. The van der Waals surface area contributed by atoms with E-state index in [1.165, 1.54) is 0 Å². The number of piperidine rings is 1. The van der Waals surface area contributed by atoms with Gasteiger partial charge in [0.2, 0.25) is 5.65 Å². The summed E-state index contributed by atoms with van der Waals surface area (Å²) in [6.45, 7) is 3.24. The van der Waals surface area contributed by atoms with Crippen molar-refractivity contribution in [3.63, 3.8) is 0 Å². The summed E-state index contributed by atoms with van der Waals surface area (Å²) in [5, 5.41) is 12.3. The summed E-state index contributed by atoms with van der Waals surface area (Å²) in [5.41, 5.74) is 1.30. The first-order chi connectivity index (χ1) is 10.2. The second-order valence-corrected chi connectivity index (χ2v) is 6.15. The fourth-order valence-corrected chi connectivity index (χ4v) is 3.00. The van der Waals surface area contributed by atoms with Crippen LogP contribution in [0.2, 0.25) is 0 Å². The largest absolute Gasteiger partial charge is 0.422 e. The van der Waals surface area contributed by atoms with Gasteiger partial charge < -0.3 is 19.7 Å². The number of pyridine rings is 1. The molecule has 0 amide bonds. The minimum Gasteiger partial charge on any atom is -0.422 e. The molecule has 1 aliphatic heterocycles. The number of hydrogen-bond donors (Lipinski definition) is 2. The van der Waals surface area contributed by atoms with Crippen molar-refractivity contribution in [2.45, 2.75) is 25.3 Å². The smallest absolute Gasteiger partial charge is 0.297 e. The fraction of sp³-hybridized carbons (Fsp3) is 0.571. The zero-order valence-corrected chi connectivity index (χ0v) is 13.3. The molecule has 1 atom stereocenters. The Kier molecular flexibility index (Phi) is 4.72. The van der Waals surface area contributed by atoms with Crippen LogP contribution in [0.5, 0.6) is 0 Å². The van der Waals surface area contributed by atoms with Gasteiger partial charge in [0.05, 0.1) is 0 Å². The van der Waals surface area contributed by atoms with Crippen LogP contribution in [0.15, 0.2) is 21.2 Å². The number of hydrogen-bond acceptors (Lipinski definition) is 6. The average Bonchev–Trinajstić information content (AvgIpc) is 2.86. The predicted molar refractivity (Wildman–Crippen MR) is 84.3 cm³/mol. The molecule has 114 valence electrons. The molecule has 21 heavy (non-hydrogen) atoms. The lowest BCUT2D eigenvalue weighted by Gasteiger charge is -2.32. The minimum absolute atomic E-state index is 0.250. The van der Waals surface area contributed by atoms with E-state index in [0.717, 1.165) is 43.5 Å². The van der Waals surface area contributed by atoms with Crippen molar-refractivity contribution in [1.82, 2.24) is 14.9 Å². The number of nitrogens with one attached hydrogen (secondary N) is 1. The Labute approximate surface area is 131 Å². The van der Waals surface area contributed by atoms with Gasteiger partial charge in [-0.15, -0.1) is 0 Å². The van der Waals surface area contributed by atoms with Crippen LogP contribution in [0, 0.1) is 0 Å². The molecular weight excluding hydrogens is 336 g/mol. The van der Waals surface area contributed by atoms with E-state index < -0.39 is 0 Å². The molecule has 2 N–H and O–H groups in total. The monoisotopic (exact) mass is 354 g/mol. The molecule has 6 nitrogen and oxygen atoms in total. The van der Waals surface area contributed by atoms with Crippen molar-refractivity contribution in [2.24, 2.45) is 0 Å². The van der Waals surface area contributed by atoms with E-state index in [9.17, 15) is 0 Å². The Balaban J connectivity index is 1.64. The zero-order chi connectivity index (χ0) is 14.7. The predicted octanol–water partition coefficient (Wildman–Crippen LogP) is 2.24. The van der Waals surface area contributed by atoms with Gasteiger partial charge in [-0.25, -0.2) is 4.98 Å². The number of aromatic nitrogens is 2. The number of aliphatic hydroxyl groups is 1. The van der Waals surface area contributed by atoms with E-state index in [0.29, 0.717) is 23.3 Å². The quantitative estimate of drug-likeness (QED) is 0.802. The standard InChI is InChI=1S/C14H19BrN4O2/c15-12-5-4-11-13(17-12)18-14(21-11)16-10-3-1-6-19(9-10)7-2-8-20/h4-5,10,20H,1-3,6-9H2,(H,16,17,18)/t10-/m1/s1. The number of rotatable bonds is 5. The number of fused-ring (bicyclic) bond motifs is 1. The normalized spacial score (nSPS) is 20.0. The molecule has 0 bridgehead atoms. The third-order valence-electron chi connectivity index (χ3n) is 3.68. The van der Waals surface area contributed by atoms with Gasteiger partial charge in [0.1, 0.15) is 4.60 Å². The summed E-state index contributed by atoms with van der Waals surface area (Å²) in [7, 11) is 0. The van der Waals surface area contributed by atoms with E-state index in [2.05, 4.69) is 36.1 Å². The van der Waals surface area contributed by atoms with Gasteiger partial charge in [0, 0.05) is 25.7 Å². The second kappa shape index (κ2) is 6.72. The molecule has 2 aromatic heterocycles. The third kappa shape index (κ3) is 3.72. The summed E-state index contributed by atoms with van der Waals surface area (Å²) in [6.07, 6.45) is 3.08.